The summed E-state index contributed by atoms with van der Waals surface area (Å²) < 4.78 is 0. The molecule has 0 aliphatic heterocycles. The highest BCUT2D eigenvalue weighted by Crippen LogP contribution is 2.21. The highest BCUT2D eigenvalue weighted by Gasteiger charge is 2.10. The number of carbonyl (C=O) groups is 1. The number of rotatable bonds is 4. The Kier molecular flexibility index (Phi) is 3.69. The molecule has 2 rings (SSSR count). The van der Waals surface area contributed by atoms with Gasteiger partial charge in [0.1, 0.15) is 0 Å². The van der Waals surface area contributed by atoms with Crippen LogP contribution in [0.3, 0.4) is 0 Å². The molecule has 1 aromatic carbocycles. The monoisotopic (exact) mass is 242 g/mol. The first kappa shape index (κ1) is 12.3. The van der Waals surface area contributed by atoms with E-state index >= 15 is 0 Å². The first-order chi connectivity index (χ1) is 8.66. The second-order valence-corrected chi connectivity index (χ2v) is 4.07. The van der Waals surface area contributed by atoms with Crippen LogP contribution in [0.1, 0.15) is 18.0 Å². The third-order valence-corrected chi connectivity index (χ3v) is 2.73. The van der Waals surface area contributed by atoms with E-state index in [1.165, 1.54) is 0 Å². The number of pyridine rings is 1. The molecule has 0 unspecified atom stereocenters. The number of hydrogen-bond donors (Lipinski definition) is 2. The van der Waals surface area contributed by atoms with Crippen LogP contribution in [0, 0.1) is 0 Å². The molecular formula is C14H14N2O2. The van der Waals surface area contributed by atoms with Gasteiger partial charge >= 0.3 is 5.97 Å². The quantitative estimate of drug-likeness (QED) is 0.861. The van der Waals surface area contributed by atoms with Crippen molar-refractivity contribution in [2.75, 3.05) is 0 Å². The maximum atomic E-state index is 10.6. The molecule has 0 radical (unpaired) electrons. The Hall–Kier alpha value is -2.20. The molecule has 18 heavy (non-hydrogen) atoms. The third-order valence-electron chi connectivity index (χ3n) is 2.73. The van der Waals surface area contributed by atoms with Crippen LogP contribution in [-0.2, 0) is 4.79 Å². The second-order valence-electron chi connectivity index (χ2n) is 4.07. The van der Waals surface area contributed by atoms with Gasteiger partial charge in [-0.3, -0.25) is 9.78 Å². The maximum absolute atomic E-state index is 10.6. The van der Waals surface area contributed by atoms with Gasteiger partial charge in [-0.25, -0.2) is 0 Å². The van der Waals surface area contributed by atoms with Crippen LogP contribution in [-0.4, -0.2) is 16.1 Å². The van der Waals surface area contributed by atoms with Gasteiger partial charge in [-0.15, -0.1) is 0 Å². The number of carboxylic acids is 1. The van der Waals surface area contributed by atoms with Crippen molar-refractivity contribution >= 4 is 5.97 Å². The smallest absolute Gasteiger partial charge is 0.305 e. The predicted octanol–water partition coefficient (Wildman–Crippen LogP) is 2.22. The standard InChI is InChI=1S/C14H14N2O2/c15-13(8-14(17)18)11-5-3-10(4-6-11)12-2-1-7-16-9-12/h1-7,9,13H,8,15H2,(H,17,18)/t13-/m1/s1. The molecule has 0 amide bonds. The normalized spacial score (nSPS) is 12.1. The van der Waals surface area contributed by atoms with Crippen molar-refractivity contribution in [3.05, 3.63) is 54.4 Å². The van der Waals surface area contributed by atoms with Crippen LogP contribution in [0.5, 0.6) is 0 Å². The minimum atomic E-state index is -0.890. The Morgan fingerprint density at radius 2 is 1.94 bits per heavy atom. The molecule has 92 valence electrons. The topological polar surface area (TPSA) is 76.2 Å². The maximum Gasteiger partial charge on any atom is 0.305 e. The molecule has 0 aliphatic rings. The number of carboxylic acid groups (broad SMARTS) is 1. The summed E-state index contributed by atoms with van der Waals surface area (Å²) in [6, 6.07) is 10.9. The van der Waals surface area contributed by atoms with E-state index in [4.69, 9.17) is 10.8 Å². The first-order valence-corrected chi connectivity index (χ1v) is 5.64. The van der Waals surface area contributed by atoms with E-state index in [9.17, 15) is 4.79 Å². The Bertz CT molecular complexity index is 523. The van der Waals surface area contributed by atoms with Crippen molar-refractivity contribution in [1.82, 2.24) is 4.98 Å². The minimum Gasteiger partial charge on any atom is -0.481 e. The minimum absolute atomic E-state index is 0.0633. The van der Waals surface area contributed by atoms with Crippen LogP contribution in [0.2, 0.25) is 0 Å². The SMILES string of the molecule is N[C@H](CC(=O)O)c1ccc(-c2cccnc2)cc1. The fourth-order valence-electron chi connectivity index (χ4n) is 1.76. The van der Waals surface area contributed by atoms with Crippen molar-refractivity contribution < 1.29 is 9.90 Å². The lowest BCUT2D eigenvalue weighted by atomic mass is 10.0. The van der Waals surface area contributed by atoms with E-state index in [2.05, 4.69) is 4.98 Å². The van der Waals surface area contributed by atoms with Crippen LogP contribution in [0.15, 0.2) is 48.8 Å². The van der Waals surface area contributed by atoms with Crippen molar-refractivity contribution in [3.8, 4) is 11.1 Å². The predicted molar refractivity (Wildman–Crippen MR) is 68.9 cm³/mol. The van der Waals surface area contributed by atoms with Gasteiger partial charge in [-0.1, -0.05) is 30.3 Å². The summed E-state index contributed by atoms with van der Waals surface area (Å²) in [5.74, 6) is -0.890. The van der Waals surface area contributed by atoms with Crippen LogP contribution in [0.25, 0.3) is 11.1 Å². The van der Waals surface area contributed by atoms with Crippen LogP contribution < -0.4 is 5.73 Å². The van der Waals surface area contributed by atoms with Crippen molar-refractivity contribution in [2.24, 2.45) is 5.73 Å². The van der Waals surface area contributed by atoms with Crippen molar-refractivity contribution in [1.29, 1.82) is 0 Å². The average Bonchev–Trinajstić information content (AvgIpc) is 2.39. The molecule has 0 aliphatic carbocycles. The molecular weight excluding hydrogens is 228 g/mol. The van der Waals surface area contributed by atoms with Crippen molar-refractivity contribution in [3.63, 3.8) is 0 Å². The summed E-state index contributed by atoms with van der Waals surface area (Å²) in [5, 5.41) is 8.69. The molecule has 4 heteroatoms. The van der Waals surface area contributed by atoms with E-state index in [0.717, 1.165) is 16.7 Å². The lowest BCUT2D eigenvalue weighted by Crippen LogP contribution is -2.14. The second kappa shape index (κ2) is 5.42. The van der Waals surface area contributed by atoms with Gasteiger partial charge in [-0.2, -0.15) is 0 Å². The van der Waals surface area contributed by atoms with E-state index in [0.29, 0.717) is 0 Å². The van der Waals surface area contributed by atoms with Gasteiger partial charge in [-0.05, 0) is 22.8 Å². The highest BCUT2D eigenvalue weighted by atomic mass is 16.4. The third kappa shape index (κ3) is 2.93. The number of aromatic nitrogens is 1. The molecule has 0 bridgehead atoms. The number of hydrogen-bond acceptors (Lipinski definition) is 3. The van der Waals surface area contributed by atoms with Gasteiger partial charge in [0.25, 0.3) is 0 Å². The molecule has 1 atom stereocenters. The summed E-state index contributed by atoms with van der Waals surface area (Å²) in [6.45, 7) is 0. The van der Waals surface area contributed by atoms with Gasteiger partial charge < -0.3 is 10.8 Å². The summed E-state index contributed by atoms with van der Waals surface area (Å²) in [5.41, 5.74) is 8.68. The highest BCUT2D eigenvalue weighted by molar-refractivity contribution is 5.68. The van der Waals surface area contributed by atoms with E-state index in [1.54, 1.807) is 12.4 Å². The lowest BCUT2D eigenvalue weighted by molar-refractivity contribution is -0.137. The zero-order valence-electron chi connectivity index (χ0n) is 9.78. The zero-order valence-corrected chi connectivity index (χ0v) is 9.78. The molecule has 2 aromatic rings. The molecule has 1 heterocycles. The average molecular weight is 242 g/mol. The molecule has 0 saturated heterocycles. The molecule has 0 fully saturated rings. The lowest BCUT2D eigenvalue weighted by Gasteiger charge is -2.10. The first-order valence-electron chi connectivity index (χ1n) is 5.64. The summed E-state index contributed by atoms with van der Waals surface area (Å²) >= 11 is 0. The summed E-state index contributed by atoms with van der Waals surface area (Å²) in [6.07, 6.45) is 3.44. The largest absolute Gasteiger partial charge is 0.481 e. The number of nitrogens with zero attached hydrogens (tertiary/aromatic N) is 1. The Balaban J connectivity index is 2.18. The molecule has 0 saturated carbocycles. The van der Waals surface area contributed by atoms with Crippen LogP contribution >= 0.6 is 0 Å². The number of nitrogens with two attached hydrogens (primary N) is 1. The van der Waals surface area contributed by atoms with Gasteiger partial charge in [0.05, 0.1) is 6.42 Å². The summed E-state index contributed by atoms with van der Waals surface area (Å²) in [7, 11) is 0. The van der Waals surface area contributed by atoms with Crippen LogP contribution in [0.4, 0.5) is 0 Å². The molecule has 1 aromatic heterocycles. The van der Waals surface area contributed by atoms with Gasteiger partial charge in [0.2, 0.25) is 0 Å². The molecule has 0 spiro atoms. The molecule has 3 N–H and O–H groups in total. The van der Waals surface area contributed by atoms with E-state index in [-0.39, 0.29) is 6.42 Å². The summed E-state index contributed by atoms with van der Waals surface area (Å²) in [4.78, 5) is 14.6. The van der Waals surface area contributed by atoms with Gasteiger partial charge in [0.15, 0.2) is 0 Å². The van der Waals surface area contributed by atoms with Crippen molar-refractivity contribution in [2.45, 2.75) is 12.5 Å². The van der Waals surface area contributed by atoms with E-state index in [1.807, 2.05) is 36.4 Å². The number of benzene rings is 1. The zero-order chi connectivity index (χ0) is 13.0. The number of aliphatic carboxylic acids is 1. The fraction of sp³-hybridized carbons (Fsp3) is 0.143. The Labute approximate surface area is 105 Å². The Morgan fingerprint density at radius 1 is 1.22 bits per heavy atom. The fourth-order valence-corrected chi connectivity index (χ4v) is 1.76. The van der Waals surface area contributed by atoms with E-state index < -0.39 is 12.0 Å². The molecule has 4 nitrogen and oxygen atoms in total. The van der Waals surface area contributed by atoms with Gasteiger partial charge in [0, 0.05) is 18.4 Å². The Morgan fingerprint density at radius 3 is 2.50 bits per heavy atom.